The van der Waals surface area contributed by atoms with Crippen LogP contribution in [-0.2, 0) is 9.59 Å². The number of halogens is 1. The molecule has 0 aromatic heterocycles. The van der Waals surface area contributed by atoms with E-state index in [-0.39, 0.29) is 5.69 Å². The Hall–Kier alpha value is -2.44. The maximum atomic E-state index is 13.6. The Morgan fingerprint density at radius 3 is 2.65 bits per heavy atom. The second-order valence-corrected chi connectivity index (χ2v) is 6.98. The molecule has 1 aromatic carbocycles. The molecule has 26 heavy (non-hydrogen) atoms. The number of hydrogen-bond acceptors (Lipinski definition) is 3. The Morgan fingerprint density at radius 2 is 2.00 bits per heavy atom. The number of imide groups is 1. The zero-order valence-electron chi connectivity index (χ0n) is 15.5. The molecule has 2 N–H and O–H groups in total. The molecule has 1 aliphatic rings. The number of aryl methyl sites for hydroxylation is 1. The van der Waals surface area contributed by atoms with Gasteiger partial charge in [-0.25, -0.2) is 9.18 Å². The normalized spacial score (nSPS) is 19.6. The third kappa shape index (κ3) is 4.59. The molecule has 7 heteroatoms. The molecular weight excluding hydrogens is 337 g/mol. The van der Waals surface area contributed by atoms with Crippen molar-refractivity contribution in [2.45, 2.75) is 58.4 Å². The van der Waals surface area contributed by atoms with Crippen LogP contribution in [0.5, 0.6) is 0 Å². The van der Waals surface area contributed by atoms with Crippen molar-refractivity contribution < 1.29 is 18.8 Å². The van der Waals surface area contributed by atoms with Crippen molar-refractivity contribution in [3.05, 3.63) is 29.6 Å². The summed E-state index contributed by atoms with van der Waals surface area (Å²) < 4.78 is 13.6. The summed E-state index contributed by atoms with van der Waals surface area (Å²) in [6.45, 7) is 5.01. The number of benzene rings is 1. The van der Waals surface area contributed by atoms with Crippen LogP contribution in [0.1, 0.15) is 51.5 Å². The highest BCUT2D eigenvalue weighted by Crippen LogP contribution is 2.24. The van der Waals surface area contributed by atoms with Crippen molar-refractivity contribution in [2.75, 3.05) is 11.9 Å². The van der Waals surface area contributed by atoms with E-state index in [1.165, 1.54) is 6.07 Å². The Morgan fingerprint density at radius 1 is 1.27 bits per heavy atom. The van der Waals surface area contributed by atoms with E-state index >= 15 is 0 Å². The lowest BCUT2D eigenvalue weighted by molar-refractivity contribution is -0.133. The fourth-order valence-electron chi connectivity index (χ4n) is 2.98. The highest BCUT2D eigenvalue weighted by atomic mass is 19.1. The quantitative estimate of drug-likeness (QED) is 0.549. The summed E-state index contributed by atoms with van der Waals surface area (Å²) in [5.41, 5.74) is -0.218. The zero-order chi connectivity index (χ0) is 19.3. The van der Waals surface area contributed by atoms with Gasteiger partial charge in [-0.2, -0.15) is 0 Å². The minimum Gasteiger partial charge on any atom is -0.324 e. The van der Waals surface area contributed by atoms with Crippen molar-refractivity contribution in [1.82, 2.24) is 10.2 Å². The van der Waals surface area contributed by atoms with Crippen LogP contribution in [0.4, 0.5) is 14.9 Å². The van der Waals surface area contributed by atoms with E-state index in [0.717, 1.165) is 30.6 Å². The fraction of sp³-hybridized carbons (Fsp3) is 0.526. The molecule has 1 aromatic rings. The molecule has 142 valence electrons. The highest BCUT2D eigenvalue weighted by Gasteiger charge is 2.47. The standard InChI is InChI=1S/C19H26FN3O3/c1-4-5-6-7-10-19(3)17(25)23(18(26)22-19)12-16(24)21-14-9-8-13(2)15(20)11-14/h8-9,11H,4-7,10,12H2,1-3H3,(H,21,24)(H,22,26)/t19-/m1/s1. The predicted octanol–water partition coefficient (Wildman–Crippen LogP) is 3.35. The molecule has 1 atom stereocenters. The third-order valence-electron chi connectivity index (χ3n) is 4.63. The molecule has 0 spiro atoms. The Kier molecular flexibility index (Phi) is 6.34. The van der Waals surface area contributed by atoms with E-state index in [2.05, 4.69) is 17.6 Å². The first-order chi connectivity index (χ1) is 12.3. The number of carbonyl (C=O) groups is 3. The number of urea groups is 1. The summed E-state index contributed by atoms with van der Waals surface area (Å²) >= 11 is 0. The Bertz CT molecular complexity index is 707. The maximum absolute atomic E-state index is 13.6. The molecule has 0 unspecified atom stereocenters. The number of nitrogens with zero attached hydrogens (tertiary/aromatic N) is 1. The van der Waals surface area contributed by atoms with Gasteiger partial charge in [-0.15, -0.1) is 0 Å². The van der Waals surface area contributed by atoms with Crippen molar-refractivity contribution in [3.63, 3.8) is 0 Å². The number of hydrogen-bond donors (Lipinski definition) is 2. The maximum Gasteiger partial charge on any atom is 0.325 e. The molecule has 0 saturated carbocycles. The van der Waals surface area contributed by atoms with Crippen molar-refractivity contribution in [3.8, 4) is 0 Å². The molecule has 1 heterocycles. The number of amides is 4. The van der Waals surface area contributed by atoms with Gasteiger partial charge in [0.25, 0.3) is 5.91 Å². The van der Waals surface area contributed by atoms with Gasteiger partial charge >= 0.3 is 6.03 Å². The molecule has 0 radical (unpaired) electrons. The molecule has 6 nitrogen and oxygen atoms in total. The summed E-state index contributed by atoms with van der Waals surface area (Å²) in [5.74, 6) is -1.38. The SMILES string of the molecule is CCCCCC[C@@]1(C)NC(=O)N(CC(=O)Nc2ccc(C)c(F)c2)C1=O. The largest absolute Gasteiger partial charge is 0.325 e. The van der Waals surface area contributed by atoms with Crippen LogP contribution in [0, 0.1) is 12.7 Å². The van der Waals surface area contributed by atoms with Crippen LogP contribution >= 0.6 is 0 Å². The molecule has 4 amide bonds. The van der Waals surface area contributed by atoms with E-state index in [0.29, 0.717) is 12.0 Å². The van der Waals surface area contributed by atoms with Crippen molar-refractivity contribution >= 4 is 23.5 Å². The van der Waals surface area contributed by atoms with E-state index in [9.17, 15) is 18.8 Å². The molecule has 1 saturated heterocycles. The number of anilines is 1. The molecule has 0 bridgehead atoms. The summed E-state index contributed by atoms with van der Waals surface area (Å²) in [6, 6.07) is 3.75. The summed E-state index contributed by atoms with van der Waals surface area (Å²) in [6.07, 6.45) is 4.53. The molecule has 1 fully saturated rings. The minimum atomic E-state index is -0.971. The van der Waals surface area contributed by atoms with Crippen molar-refractivity contribution in [2.24, 2.45) is 0 Å². The van der Waals surface area contributed by atoms with Crippen LogP contribution in [0.2, 0.25) is 0 Å². The number of carbonyl (C=O) groups excluding carboxylic acids is 3. The van der Waals surface area contributed by atoms with E-state index < -0.39 is 35.7 Å². The fourth-order valence-corrected chi connectivity index (χ4v) is 2.98. The van der Waals surface area contributed by atoms with Gasteiger partial charge in [-0.3, -0.25) is 14.5 Å². The first-order valence-corrected chi connectivity index (χ1v) is 8.97. The summed E-state index contributed by atoms with van der Waals surface area (Å²) in [4.78, 5) is 37.8. The molecule has 2 rings (SSSR count). The van der Waals surface area contributed by atoms with Gasteiger partial charge in [0.2, 0.25) is 5.91 Å². The van der Waals surface area contributed by atoms with Gasteiger partial charge in [0.05, 0.1) is 0 Å². The lowest BCUT2D eigenvalue weighted by Gasteiger charge is -2.21. The van der Waals surface area contributed by atoms with Crippen LogP contribution in [0.25, 0.3) is 0 Å². The number of rotatable bonds is 8. The monoisotopic (exact) mass is 363 g/mol. The lowest BCUT2D eigenvalue weighted by atomic mass is 9.94. The smallest absolute Gasteiger partial charge is 0.324 e. The van der Waals surface area contributed by atoms with Gasteiger partial charge in [0.1, 0.15) is 17.9 Å². The topological polar surface area (TPSA) is 78.5 Å². The number of nitrogens with one attached hydrogen (secondary N) is 2. The van der Waals surface area contributed by atoms with Gasteiger partial charge in [-0.1, -0.05) is 38.7 Å². The van der Waals surface area contributed by atoms with E-state index in [4.69, 9.17) is 0 Å². The average molecular weight is 363 g/mol. The molecular formula is C19H26FN3O3. The van der Waals surface area contributed by atoms with E-state index in [1.807, 2.05) is 0 Å². The van der Waals surface area contributed by atoms with Crippen LogP contribution < -0.4 is 10.6 Å². The van der Waals surface area contributed by atoms with Gasteiger partial charge in [0.15, 0.2) is 0 Å². The predicted molar refractivity (Wildman–Crippen MR) is 97.2 cm³/mol. The Balaban J connectivity index is 1.95. The Labute approximate surface area is 153 Å². The minimum absolute atomic E-state index is 0.285. The lowest BCUT2D eigenvalue weighted by Crippen LogP contribution is -2.44. The zero-order valence-corrected chi connectivity index (χ0v) is 15.5. The van der Waals surface area contributed by atoms with Gasteiger partial charge < -0.3 is 10.6 Å². The van der Waals surface area contributed by atoms with Gasteiger partial charge in [-0.05, 0) is 38.0 Å². The van der Waals surface area contributed by atoms with Crippen molar-refractivity contribution in [1.29, 1.82) is 0 Å². The average Bonchev–Trinajstić information content (AvgIpc) is 2.79. The second-order valence-electron chi connectivity index (χ2n) is 6.98. The van der Waals surface area contributed by atoms with Crippen LogP contribution in [-0.4, -0.2) is 34.8 Å². The third-order valence-corrected chi connectivity index (χ3v) is 4.63. The molecule has 1 aliphatic heterocycles. The molecule has 0 aliphatic carbocycles. The van der Waals surface area contributed by atoms with Crippen LogP contribution in [0.3, 0.4) is 0 Å². The van der Waals surface area contributed by atoms with Crippen LogP contribution in [0.15, 0.2) is 18.2 Å². The number of unbranched alkanes of at least 4 members (excludes halogenated alkanes) is 3. The second kappa shape index (κ2) is 8.29. The summed E-state index contributed by atoms with van der Waals surface area (Å²) in [7, 11) is 0. The highest BCUT2D eigenvalue weighted by molar-refractivity contribution is 6.09. The van der Waals surface area contributed by atoms with E-state index in [1.54, 1.807) is 26.0 Å². The first-order valence-electron chi connectivity index (χ1n) is 8.97. The first kappa shape index (κ1) is 19.9. The van der Waals surface area contributed by atoms with Gasteiger partial charge in [0, 0.05) is 5.69 Å². The summed E-state index contributed by atoms with van der Waals surface area (Å²) in [5, 5.41) is 5.20.